The molecule has 1 heterocycles. The molecule has 33 heavy (non-hydrogen) atoms. The Morgan fingerprint density at radius 3 is 2.27 bits per heavy atom. The number of hydrogen-bond donors (Lipinski definition) is 1. The summed E-state index contributed by atoms with van der Waals surface area (Å²) in [7, 11) is -3.59. The van der Waals surface area contributed by atoms with Crippen molar-refractivity contribution in [3.8, 4) is 0 Å². The third-order valence-corrected chi connectivity index (χ3v) is 6.80. The molecule has 0 spiro atoms. The predicted molar refractivity (Wildman–Crippen MR) is 127 cm³/mol. The van der Waals surface area contributed by atoms with E-state index in [-0.39, 0.29) is 31.2 Å². The lowest BCUT2D eigenvalue weighted by atomic mass is 10.1. The number of sulfonamides is 1. The van der Waals surface area contributed by atoms with Gasteiger partial charge in [-0.2, -0.15) is 0 Å². The lowest BCUT2D eigenvalue weighted by molar-refractivity contribution is -0.116. The van der Waals surface area contributed by atoms with Crippen molar-refractivity contribution in [2.75, 3.05) is 35.5 Å². The molecule has 1 aliphatic rings. The number of benzene rings is 2. The van der Waals surface area contributed by atoms with Crippen LogP contribution in [0, 0.1) is 5.82 Å². The van der Waals surface area contributed by atoms with Crippen LogP contribution in [0.2, 0.25) is 0 Å². The van der Waals surface area contributed by atoms with Gasteiger partial charge in [0.25, 0.3) is 5.91 Å². The van der Waals surface area contributed by atoms with Crippen LogP contribution in [-0.4, -0.2) is 51.0 Å². The minimum Gasteiger partial charge on any atom is -0.339 e. The lowest BCUT2D eigenvalue weighted by Gasteiger charge is -2.23. The molecular formula is C24H30FN3O4S. The Morgan fingerprint density at radius 1 is 1.00 bits per heavy atom. The van der Waals surface area contributed by atoms with Gasteiger partial charge >= 0.3 is 0 Å². The molecule has 0 saturated carbocycles. The first-order chi connectivity index (χ1) is 15.8. The Labute approximate surface area is 194 Å². The third kappa shape index (κ3) is 7.02. The summed E-state index contributed by atoms with van der Waals surface area (Å²) in [6, 6.07) is 12.1. The van der Waals surface area contributed by atoms with Crippen molar-refractivity contribution < 1.29 is 22.4 Å². The van der Waals surface area contributed by atoms with Crippen LogP contribution >= 0.6 is 0 Å². The molecular weight excluding hydrogens is 445 g/mol. The Morgan fingerprint density at radius 2 is 1.64 bits per heavy atom. The van der Waals surface area contributed by atoms with E-state index in [4.69, 9.17) is 0 Å². The molecule has 2 aromatic rings. The van der Waals surface area contributed by atoms with E-state index in [9.17, 15) is 22.4 Å². The normalized spacial score (nSPS) is 14.4. The fourth-order valence-electron chi connectivity index (χ4n) is 3.91. The third-order valence-electron chi connectivity index (χ3n) is 5.60. The average molecular weight is 476 g/mol. The molecule has 2 amide bonds. The van der Waals surface area contributed by atoms with Crippen molar-refractivity contribution in [2.24, 2.45) is 0 Å². The largest absolute Gasteiger partial charge is 0.339 e. The highest BCUT2D eigenvalue weighted by Gasteiger charge is 2.21. The number of para-hydroxylation sites is 1. The molecule has 7 nitrogen and oxygen atoms in total. The van der Waals surface area contributed by atoms with Crippen LogP contribution < -0.4 is 9.62 Å². The molecule has 9 heteroatoms. The van der Waals surface area contributed by atoms with Crippen molar-refractivity contribution in [3.63, 3.8) is 0 Å². The van der Waals surface area contributed by atoms with E-state index < -0.39 is 15.8 Å². The molecule has 178 valence electrons. The fourth-order valence-corrected chi connectivity index (χ4v) is 4.88. The van der Waals surface area contributed by atoms with E-state index in [2.05, 4.69) is 5.32 Å². The second-order valence-electron chi connectivity index (χ2n) is 8.22. The zero-order valence-corrected chi connectivity index (χ0v) is 19.6. The summed E-state index contributed by atoms with van der Waals surface area (Å²) < 4.78 is 38.7. The molecule has 2 aromatic carbocycles. The number of nitrogens with zero attached hydrogens (tertiary/aromatic N) is 2. The van der Waals surface area contributed by atoms with Gasteiger partial charge in [0.05, 0.1) is 23.2 Å². The van der Waals surface area contributed by atoms with E-state index in [0.29, 0.717) is 30.0 Å². The Hall–Kier alpha value is -2.94. The van der Waals surface area contributed by atoms with E-state index >= 15 is 0 Å². The van der Waals surface area contributed by atoms with Crippen molar-refractivity contribution >= 4 is 33.2 Å². The number of carbonyl (C=O) groups is 2. The minimum absolute atomic E-state index is 0.0689. The molecule has 1 fully saturated rings. The van der Waals surface area contributed by atoms with E-state index in [1.165, 1.54) is 24.3 Å². The monoisotopic (exact) mass is 475 g/mol. The molecule has 0 unspecified atom stereocenters. The number of carbonyl (C=O) groups excluding carboxylic acids is 2. The molecule has 0 aliphatic carbocycles. The Bertz CT molecular complexity index is 1070. The highest BCUT2D eigenvalue weighted by atomic mass is 32.2. The zero-order chi connectivity index (χ0) is 23.8. The van der Waals surface area contributed by atoms with Crippen LogP contribution in [0.5, 0.6) is 0 Å². The molecule has 1 saturated heterocycles. The summed E-state index contributed by atoms with van der Waals surface area (Å²) in [5, 5.41) is 2.80. The second kappa shape index (κ2) is 11.3. The smallest absolute Gasteiger partial charge is 0.255 e. The van der Waals surface area contributed by atoms with Crippen molar-refractivity contribution in [3.05, 3.63) is 59.9 Å². The maximum Gasteiger partial charge on any atom is 0.255 e. The van der Waals surface area contributed by atoms with Crippen molar-refractivity contribution in [2.45, 2.75) is 38.5 Å². The van der Waals surface area contributed by atoms with E-state index in [0.717, 1.165) is 36.2 Å². The fraction of sp³-hybridized carbons (Fsp3) is 0.417. The molecule has 1 N–H and O–H groups in total. The van der Waals surface area contributed by atoms with E-state index in [1.54, 1.807) is 24.3 Å². The van der Waals surface area contributed by atoms with Crippen LogP contribution in [-0.2, 0) is 14.8 Å². The number of anilines is 2. The summed E-state index contributed by atoms with van der Waals surface area (Å²) in [4.78, 5) is 27.4. The quantitative estimate of drug-likeness (QED) is 0.625. The van der Waals surface area contributed by atoms with Gasteiger partial charge in [-0.3, -0.25) is 13.9 Å². The summed E-state index contributed by atoms with van der Waals surface area (Å²) in [6.07, 6.45) is 5.59. The maximum atomic E-state index is 13.2. The predicted octanol–water partition coefficient (Wildman–Crippen LogP) is 4.03. The van der Waals surface area contributed by atoms with Crippen LogP contribution in [0.15, 0.2) is 48.5 Å². The molecule has 0 atom stereocenters. The van der Waals surface area contributed by atoms with Gasteiger partial charge in [0.2, 0.25) is 15.9 Å². The van der Waals surface area contributed by atoms with Gasteiger partial charge in [0, 0.05) is 26.1 Å². The van der Waals surface area contributed by atoms with Gasteiger partial charge in [0.1, 0.15) is 5.82 Å². The first-order valence-corrected chi connectivity index (χ1v) is 13.0. The Balaban J connectivity index is 1.61. The highest BCUT2D eigenvalue weighted by Crippen LogP contribution is 2.21. The van der Waals surface area contributed by atoms with E-state index in [1.807, 2.05) is 4.90 Å². The van der Waals surface area contributed by atoms with Crippen LogP contribution in [0.3, 0.4) is 0 Å². The molecule has 0 bridgehead atoms. The van der Waals surface area contributed by atoms with Gasteiger partial charge in [-0.25, -0.2) is 12.8 Å². The van der Waals surface area contributed by atoms with Crippen LogP contribution in [0.4, 0.5) is 15.8 Å². The number of amides is 2. The Kier molecular flexibility index (Phi) is 8.43. The SMILES string of the molecule is CS(=O)(=O)N(CCCC(=O)Nc1ccccc1C(=O)N1CCCCCC1)c1ccc(F)cc1. The van der Waals surface area contributed by atoms with Crippen molar-refractivity contribution in [1.82, 2.24) is 4.90 Å². The van der Waals surface area contributed by atoms with Gasteiger partial charge in [0.15, 0.2) is 0 Å². The lowest BCUT2D eigenvalue weighted by Crippen LogP contribution is -2.33. The summed E-state index contributed by atoms with van der Waals surface area (Å²) in [5.74, 6) is -0.856. The number of hydrogen-bond acceptors (Lipinski definition) is 4. The number of nitrogens with one attached hydrogen (secondary N) is 1. The second-order valence-corrected chi connectivity index (χ2v) is 10.1. The number of halogens is 1. The first kappa shape index (κ1) is 24.7. The minimum atomic E-state index is -3.59. The van der Waals surface area contributed by atoms with Gasteiger partial charge in [-0.1, -0.05) is 25.0 Å². The molecule has 3 rings (SSSR count). The first-order valence-electron chi connectivity index (χ1n) is 11.2. The standard InChI is InChI=1S/C24H30FN3O4S/c1-33(31,32)28(20-14-12-19(25)13-15-20)18-8-11-23(29)26-22-10-5-4-9-21(22)24(30)27-16-6-2-3-7-17-27/h4-5,9-10,12-15H,2-3,6-8,11,16-18H2,1H3,(H,26,29). The summed E-state index contributed by atoms with van der Waals surface area (Å²) >= 11 is 0. The highest BCUT2D eigenvalue weighted by molar-refractivity contribution is 7.92. The molecule has 0 aromatic heterocycles. The summed E-state index contributed by atoms with van der Waals surface area (Å²) in [6.45, 7) is 1.50. The van der Waals surface area contributed by atoms with Crippen molar-refractivity contribution in [1.29, 1.82) is 0 Å². The zero-order valence-electron chi connectivity index (χ0n) is 18.8. The number of rotatable bonds is 8. The topological polar surface area (TPSA) is 86.8 Å². The van der Waals surface area contributed by atoms with Crippen LogP contribution in [0.25, 0.3) is 0 Å². The average Bonchev–Trinajstić information content (AvgIpc) is 3.06. The maximum absolute atomic E-state index is 13.2. The molecule has 0 radical (unpaired) electrons. The van der Waals surface area contributed by atoms with Gasteiger partial charge < -0.3 is 10.2 Å². The van der Waals surface area contributed by atoms with Gasteiger partial charge in [-0.05, 0) is 55.7 Å². The summed E-state index contributed by atoms with van der Waals surface area (Å²) in [5.41, 5.74) is 1.25. The number of likely N-dealkylation sites (tertiary alicyclic amines) is 1. The molecule has 1 aliphatic heterocycles. The van der Waals surface area contributed by atoms with Gasteiger partial charge in [-0.15, -0.1) is 0 Å². The van der Waals surface area contributed by atoms with Crippen LogP contribution in [0.1, 0.15) is 48.9 Å².